The molecule has 1 fully saturated rings. The average Bonchev–Trinajstić information content (AvgIpc) is 2.99. The highest BCUT2D eigenvalue weighted by atomic mass is 19.4. The van der Waals surface area contributed by atoms with Crippen LogP contribution in [0.5, 0.6) is 0 Å². The number of alkyl halides is 3. The summed E-state index contributed by atoms with van der Waals surface area (Å²) in [5, 5.41) is 6.00. The minimum absolute atomic E-state index is 0.0589. The van der Waals surface area contributed by atoms with E-state index in [0.29, 0.717) is 30.3 Å². The average molecular weight is 576 g/mol. The minimum Gasteiger partial charge on any atom is -0.340 e. The van der Waals surface area contributed by atoms with Gasteiger partial charge in [0.1, 0.15) is 12.1 Å². The summed E-state index contributed by atoms with van der Waals surface area (Å²) >= 11 is 0. The molecule has 0 radical (unpaired) electrons. The lowest BCUT2D eigenvalue weighted by Crippen LogP contribution is -2.45. The number of likely N-dealkylation sites (N-methyl/N-ethyl adjacent to an activating group) is 1. The molecule has 3 heterocycles. The van der Waals surface area contributed by atoms with Crippen LogP contribution in [0.2, 0.25) is 0 Å². The predicted molar refractivity (Wildman–Crippen MR) is 157 cm³/mol. The number of carbonyl (C=O) groups excluding carboxylic acids is 1. The Morgan fingerprint density at radius 2 is 1.67 bits per heavy atom. The molecule has 0 unspecified atom stereocenters. The molecular weight excluding hydrogens is 543 g/mol. The number of anilines is 3. The fourth-order valence-electron chi connectivity index (χ4n) is 4.93. The van der Waals surface area contributed by atoms with Crippen LogP contribution >= 0.6 is 0 Å². The number of nitrogens with zero attached hydrogens (tertiary/aromatic N) is 5. The van der Waals surface area contributed by atoms with Crippen molar-refractivity contribution in [3.05, 3.63) is 95.7 Å². The number of piperazine rings is 1. The molecule has 1 amide bonds. The Hall–Kier alpha value is -4.35. The first-order chi connectivity index (χ1) is 20.2. The van der Waals surface area contributed by atoms with E-state index < -0.39 is 17.6 Å². The first kappa shape index (κ1) is 29.2. The molecule has 0 spiro atoms. The van der Waals surface area contributed by atoms with Gasteiger partial charge in [0.2, 0.25) is 0 Å². The summed E-state index contributed by atoms with van der Waals surface area (Å²) < 4.78 is 42.2. The Morgan fingerprint density at radius 3 is 2.38 bits per heavy atom. The van der Waals surface area contributed by atoms with Gasteiger partial charge in [0.05, 0.1) is 5.56 Å². The van der Waals surface area contributed by atoms with Gasteiger partial charge in [-0.1, -0.05) is 19.1 Å². The van der Waals surface area contributed by atoms with Gasteiger partial charge in [-0.3, -0.25) is 9.69 Å². The van der Waals surface area contributed by atoms with E-state index in [9.17, 15) is 18.0 Å². The zero-order valence-electron chi connectivity index (χ0n) is 23.4. The Kier molecular flexibility index (Phi) is 8.79. The Morgan fingerprint density at radius 1 is 0.929 bits per heavy atom. The predicted octanol–water partition coefficient (Wildman–Crippen LogP) is 6.00. The van der Waals surface area contributed by atoms with Crippen LogP contribution in [0.1, 0.15) is 34.0 Å². The van der Waals surface area contributed by atoms with Crippen molar-refractivity contribution >= 4 is 23.1 Å². The van der Waals surface area contributed by atoms with Crippen molar-refractivity contribution in [2.45, 2.75) is 26.6 Å². The third-order valence-corrected chi connectivity index (χ3v) is 7.40. The van der Waals surface area contributed by atoms with E-state index in [1.54, 1.807) is 30.7 Å². The van der Waals surface area contributed by atoms with Crippen molar-refractivity contribution in [2.24, 2.45) is 0 Å². The van der Waals surface area contributed by atoms with E-state index in [4.69, 9.17) is 0 Å². The Labute approximate surface area is 242 Å². The topological polar surface area (TPSA) is 86.3 Å². The van der Waals surface area contributed by atoms with Crippen LogP contribution in [0, 0.1) is 6.92 Å². The first-order valence-corrected chi connectivity index (χ1v) is 13.7. The van der Waals surface area contributed by atoms with Crippen molar-refractivity contribution < 1.29 is 18.0 Å². The molecule has 0 atom stereocenters. The summed E-state index contributed by atoms with van der Waals surface area (Å²) in [6.45, 7) is 8.17. The first-order valence-electron chi connectivity index (χ1n) is 13.7. The maximum atomic E-state index is 14.1. The van der Waals surface area contributed by atoms with E-state index >= 15 is 0 Å². The number of benzene rings is 2. The smallest absolute Gasteiger partial charge is 0.340 e. The molecule has 1 aliphatic rings. The third-order valence-electron chi connectivity index (χ3n) is 7.40. The summed E-state index contributed by atoms with van der Waals surface area (Å²) in [5.74, 6) is -0.0490. The summed E-state index contributed by atoms with van der Waals surface area (Å²) in [6.07, 6.45) is 1.96. The lowest BCUT2D eigenvalue weighted by molar-refractivity contribution is -0.138. The van der Waals surface area contributed by atoms with Crippen molar-refractivity contribution in [1.82, 2.24) is 24.8 Å². The normalized spacial score (nSPS) is 14.5. The molecule has 5 rings (SSSR count). The second-order valence-electron chi connectivity index (χ2n) is 10.2. The van der Waals surface area contributed by atoms with Crippen molar-refractivity contribution in [3.8, 4) is 11.1 Å². The van der Waals surface area contributed by atoms with E-state index in [0.717, 1.165) is 42.4 Å². The molecule has 218 valence electrons. The summed E-state index contributed by atoms with van der Waals surface area (Å²) in [6, 6.07) is 12.8. The molecule has 11 heteroatoms. The number of aryl methyl sites for hydroxylation is 1. The summed E-state index contributed by atoms with van der Waals surface area (Å²) in [4.78, 5) is 29.9. The fraction of sp³-hybridized carbons (Fsp3) is 0.290. The van der Waals surface area contributed by atoms with Gasteiger partial charge in [-0.15, -0.1) is 0 Å². The zero-order chi connectivity index (χ0) is 29.7. The van der Waals surface area contributed by atoms with Gasteiger partial charge in [0.25, 0.3) is 5.91 Å². The zero-order valence-corrected chi connectivity index (χ0v) is 23.4. The third kappa shape index (κ3) is 7.10. The quantitative estimate of drug-likeness (QED) is 0.267. The highest BCUT2D eigenvalue weighted by molar-refractivity contribution is 6.04. The van der Waals surface area contributed by atoms with Crippen LogP contribution in [0.4, 0.5) is 30.4 Å². The van der Waals surface area contributed by atoms with Gasteiger partial charge in [0.15, 0.2) is 0 Å². The SMILES string of the molecule is CCN1CCN(Cc2ccc(C(=O)Nc3ccc(C)c(Nc4cc(-c5cncnc5)ccn4)c3)cc2C(F)(F)F)CC1. The van der Waals surface area contributed by atoms with Gasteiger partial charge in [-0.2, -0.15) is 13.2 Å². The van der Waals surface area contributed by atoms with Gasteiger partial charge in [-0.05, 0) is 66.6 Å². The van der Waals surface area contributed by atoms with Crippen LogP contribution in [0.25, 0.3) is 11.1 Å². The maximum absolute atomic E-state index is 14.1. The highest BCUT2D eigenvalue weighted by Crippen LogP contribution is 2.34. The monoisotopic (exact) mass is 575 g/mol. The number of hydrogen-bond acceptors (Lipinski definition) is 7. The number of amides is 1. The second-order valence-corrected chi connectivity index (χ2v) is 10.2. The van der Waals surface area contributed by atoms with Crippen LogP contribution in [-0.2, 0) is 12.7 Å². The molecule has 0 aliphatic carbocycles. The highest BCUT2D eigenvalue weighted by Gasteiger charge is 2.34. The molecule has 2 N–H and O–H groups in total. The number of aromatic nitrogens is 3. The van der Waals surface area contributed by atoms with Gasteiger partial charge < -0.3 is 15.5 Å². The molecule has 2 aromatic carbocycles. The van der Waals surface area contributed by atoms with Crippen LogP contribution in [-0.4, -0.2) is 63.4 Å². The summed E-state index contributed by atoms with van der Waals surface area (Å²) in [7, 11) is 0. The van der Waals surface area contributed by atoms with Gasteiger partial charge >= 0.3 is 6.18 Å². The van der Waals surface area contributed by atoms with Crippen LogP contribution < -0.4 is 10.6 Å². The van der Waals surface area contributed by atoms with Crippen molar-refractivity contribution in [3.63, 3.8) is 0 Å². The van der Waals surface area contributed by atoms with Crippen LogP contribution in [0.15, 0.2) is 73.4 Å². The van der Waals surface area contributed by atoms with Crippen LogP contribution in [0.3, 0.4) is 0 Å². The number of nitrogens with one attached hydrogen (secondary N) is 2. The molecule has 8 nitrogen and oxygen atoms in total. The van der Waals surface area contributed by atoms with E-state index in [1.165, 1.54) is 18.5 Å². The van der Waals surface area contributed by atoms with Crippen molar-refractivity contribution in [2.75, 3.05) is 43.4 Å². The number of rotatable bonds is 8. The van der Waals surface area contributed by atoms with Crippen molar-refractivity contribution in [1.29, 1.82) is 0 Å². The maximum Gasteiger partial charge on any atom is 0.416 e. The largest absolute Gasteiger partial charge is 0.416 e. The number of halogens is 3. The standard InChI is InChI=1S/C31H32F3N7O/c1-3-40-10-12-41(13-11-40)19-24-6-5-23(14-27(24)31(32,33)34)30(42)38-26-7-4-21(2)28(16-26)39-29-15-22(8-9-37-29)25-17-35-20-36-18-25/h4-9,14-18,20H,3,10-13,19H2,1-2H3,(H,37,39)(H,38,42). The molecule has 4 aromatic rings. The minimum atomic E-state index is -4.58. The number of hydrogen-bond donors (Lipinski definition) is 2. The van der Waals surface area contributed by atoms with Gasteiger partial charge in [-0.25, -0.2) is 15.0 Å². The molecule has 1 aliphatic heterocycles. The lowest BCUT2D eigenvalue weighted by atomic mass is 10.0. The van der Waals surface area contributed by atoms with E-state index in [2.05, 4.69) is 37.4 Å². The lowest BCUT2D eigenvalue weighted by Gasteiger charge is -2.34. The number of carbonyl (C=O) groups is 1. The summed E-state index contributed by atoms with van der Waals surface area (Å²) in [5.41, 5.74) is 3.06. The molecular formula is C31H32F3N7O. The molecule has 2 aromatic heterocycles. The second kappa shape index (κ2) is 12.7. The molecule has 0 bridgehead atoms. The van der Waals surface area contributed by atoms with E-state index in [-0.39, 0.29) is 17.7 Å². The molecule has 42 heavy (non-hydrogen) atoms. The van der Waals surface area contributed by atoms with Gasteiger partial charge in [0, 0.05) is 73.8 Å². The Bertz CT molecular complexity index is 1540. The molecule has 1 saturated heterocycles. The fourth-order valence-corrected chi connectivity index (χ4v) is 4.93. The van der Waals surface area contributed by atoms with E-state index in [1.807, 2.05) is 30.0 Å². The number of pyridine rings is 1. The molecule has 0 saturated carbocycles. The Balaban J connectivity index is 1.31.